The van der Waals surface area contributed by atoms with Gasteiger partial charge in [0.2, 0.25) is 0 Å². The number of halogens is 6. The Hall–Kier alpha value is -9.34. The largest absolute Gasteiger partial charge is 0.491 e. The minimum absolute atomic E-state index is 0.000283. The van der Waals surface area contributed by atoms with Crippen molar-refractivity contribution in [3.63, 3.8) is 0 Å². The topological polar surface area (TPSA) is 227 Å². The van der Waals surface area contributed by atoms with Gasteiger partial charge in [-0.1, -0.05) is 79.7 Å². The summed E-state index contributed by atoms with van der Waals surface area (Å²) in [7, 11) is 0. The standard InChI is InChI=1S/C14H17F2NO2.C14H19NO2.C13H17F2NO2.C13H17F2NO.C13H19NO2.C13H19NO/c1-7(2)13(18)9-5-10(15)12(11(16)6-9)14(19)17-8(3)4;1-9(2)13(16)11-5-7-12(8-6-11)14(17)15-10(3)4;1-7(2)16-13(17)12-10(14)5-9(6-11(12)15)18-8(3)4;1-7(2)9-5-10(14)12(11(15)6-9)13(17)16-8(3)4;1-9(2)14-13(15)11-5-7-12(8-6-11)16-10(3)4;1-9(2)11-5-7-12(8-6-11)13(15)14-10(3)4/h5-8H,1-4H3,(H,17,19);5-10H,1-4H3,(H,15,17);5-8H,1-4H3,(H,16,17);5-8H,1-4H3,(H,16,17);5-10H,1-4H3,(H,14,15);5-10H,1-4H3,(H,14,15). The van der Waals surface area contributed by atoms with E-state index in [1.807, 2.05) is 119 Å². The van der Waals surface area contributed by atoms with E-state index in [0.717, 1.165) is 35.6 Å². The van der Waals surface area contributed by atoms with E-state index in [-0.39, 0.29) is 107 Å². The van der Waals surface area contributed by atoms with E-state index in [0.29, 0.717) is 28.2 Å². The third-order valence-corrected chi connectivity index (χ3v) is 13.5. The highest BCUT2D eigenvalue weighted by molar-refractivity contribution is 6.01. The molecule has 560 valence electrons. The van der Waals surface area contributed by atoms with E-state index in [9.17, 15) is 64.7 Å². The Balaban J connectivity index is 0.000000613. The molecule has 6 N–H and O–H groups in total. The minimum Gasteiger partial charge on any atom is -0.491 e. The maximum atomic E-state index is 13.8. The van der Waals surface area contributed by atoms with E-state index in [4.69, 9.17) is 9.47 Å². The van der Waals surface area contributed by atoms with E-state index < -0.39 is 69.3 Å². The highest BCUT2D eigenvalue weighted by Gasteiger charge is 2.24. The number of rotatable bonds is 22. The summed E-state index contributed by atoms with van der Waals surface area (Å²) >= 11 is 0. The van der Waals surface area contributed by atoms with Crippen molar-refractivity contribution in [2.75, 3.05) is 0 Å². The van der Waals surface area contributed by atoms with Crippen LogP contribution in [0.4, 0.5) is 26.3 Å². The summed E-state index contributed by atoms with van der Waals surface area (Å²) in [5, 5.41) is 15.8. The quantitative estimate of drug-likeness (QED) is 0.0278. The Morgan fingerprint density at radius 2 is 0.500 bits per heavy atom. The molecule has 0 aliphatic carbocycles. The molecule has 16 nitrogen and oxygen atoms in total. The Kier molecular flexibility index (Phi) is 39.2. The highest BCUT2D eigenvalue weighted by Crippen LogP contribution is 2.25. The lowest BCUT2D eigenvalue weighted by Crippen LogP contribution is -2.31. The lowest BCUT2D eigenvalue weighted by molar-refractivity contribution is 0.0921. The van der Waals surface area contributed by atoms with E-state index in [1.54, 1.807) is 106 Å². The zero-order valence-electron chi connectivity index (χ0n) is 63.7. The van der Waals surface area contributed by atoms with E-state index in [2.05, 4.69) is 45.7 Å². The Bertz CT molecular complexity index is 3630. The molecule has 6 amide bonds. The molecule has 0 fully saturated rings. The van der Waals surface area contributed by atoms with Crippen LogP contribution >= 0.6 is 0 Å². The number of amides is 6. The van der Waals surface area contributed by atoms with Crippen molar-refractivity contribution < 1.29 is 74.2 Å². The first-order valence-corrected chi connectivity index (χ1v) is 34.3. The minimum atomic E-state index is -1.03. The number of carbonyl (C=O) groups is 8. The first-order valence-electron chi connectivity index (χ1n) is 34.3. The Morgan fingerprint density at radius 1 is 0.265 bits per heavy atom. The summed E-state index contributed by atoms with van der Waals surface area (Å²) in [4.78, 5) is 93.1. The van der Waals surface area contributed by atoms with E-state index in [1.165, 1.54) is 17.7 Å². The average Bonchev–Trinajstić information content (AvgIpc) is 0.807. The summed E-state index contributed by atoms with van der Waals surface area (Å²) in [5.41, 5.74) is 2.61. The molecular formula is C80H108F6N6O10. The van der Waals surface area contributed by atoms with Gasteiger partial charge < -0.3 is 41.4 Å². The summed E-state index contributed by atoms with van der Waals surface area (Å²) in [6.07, 6.45) is -0.0468. The number of benzene rings is 6. The van der Waals surface area contributed by atoms with Gasteiger partial charge >= 0.3 is 0 Å². The van der Waals surface area contributed by atoms with Gasteiger partial charge in [0.1, 0.15) is 63.1 Å². The van der Waals surface area contributed by atoms with Crippen LogP contribution < -0.4 is 41.4 Å². The first-order chi connectivity index (χ1) is 47.3. The van der Waals surface area contributed by atoms with Crippen molar-refractivity contribution in [2.24, 2.45) is 11.8 Å². The fraction of sp³-hybridized carbons (Fsp3) is 0.450. The molecular weight excluding hydrogens is 1320 g/mol. The number of ether oxygens (including phenoxy) is 2. The Labute approximate surface area is 600 Å². The van der Waals surface area contributed by atoms with Gasteiger partial charge in [-0.2, -0.15) is 0 Å². The number of hydrogen-bond acceptors (Lipinski definition) is 10. The van der Waals surface area contributed by atoms with Crippen molar-refractivity contribution in [1.29, 1.82) is 0 Å². The highest BCUT2D eigenvalue weighted by atomic mass is 19.2. The molecule has 6 aromatic carbocycles. The molecule has 6 aromatic rings. The van der Waals surface area contributed by atoms with E-state index >= 15 is 0 Å². The summed E-state index contributed by atoms with van der Waals surface area (Å²) in [5.74, 6) is -7.28. The molecule has 6 rings (SSSR count). The number of ketones is 2. The predicted molar refractivity (Wildman–Crippen MR) is 392 cm³/mol. The molecule has 0 heterocycles. The molecule has 0 radical (unpaired) electrons. The second-order valence-electron chi connectivity index (χ2n) is 27.6. The third kappa shape index (κ3) is 33.0. The molecule has 0 aliphatic heterocycles. The van der Waals surface area contributed by atoms with Crippen LogP contribution in [0.15, 0.2) is 109 Å². The van der Waals surface area contributed by atoms with Crippen LogP contribution in [0.3, 0.4) is 0 Å². The van der Waals surface area contributed by atoms with Crippen LogP contribution in [0.5, 0.6) is 11.5 Å². The normalized spacial score (nSPS) is 10.8. The number of hydrogen-bond donors (Lipinski definition) is 6. The average molecular weight is 1430 g/mol. The summed E-state index contributed by atoms with van der Waals surface area (Å²) in [6.45, 7) is 44.3. The molecule has 0 spiro atoms. The van der Waals surface area contributed by atoms with Crippen LogP contribution in [0.25, 0.3) is 0 Å². The Morgan fingerprint density at radius 3 is 0.775 bits per heavy atom. The first kappa shape index (κ1) is 90.7. The van der Waals surface area contributed by atoms with Gasteiger partial charge in [-0.3, -0.25) is 38.4 Å². The molecule has 0 unspecified atom stereocenters. The van der Waals surface area contributed by atoms with Crippen LogP contribution in [0.1, 0.15) is 272 Å². The molecule has 22 heteroatoms. The number of nitrogens with one attached hydrogen (secondary N) is 6. The van der Waals surface area contributed by atoms with Gasteiger partial charge in [0.25, 0.3) is 35.4 Å². The third-order valence-electron chi connectivity index (χ3n) is 13.5. The van der Waals surface area contributed by atoms with Crippen molar-refractivity contribution in [2.45, 2.75) is 226 Å². The fourth-order valence-electron chi connectivity index (χ4n) is 8.65. The predicted octanol–water partition coefficient (Wildman–Crippen LogP) is 17.3. The lowest BCUT2D eigenvalue weighted by Gasteiger charge is -2.13. The second-order valence-corrected chi connectivity index (χ2v) is 27.6. The van der Waals surface area contributed by atoms with Gasteiger partial charge in [0, 0.05) is 88.0 Å². The molecule has 0 atom stereocenters. The molecule has 0 bridgehead atoms. The van der Waals surface area contributed by atoms with Crippen LogP contribution in [0.2, 0.25) is 0 Å². The molecule has 0 aliphatic rings. The molecule has 0 saturated carbocycles. The van der Waals surface area contributed by atoms with Gasteiger partial charge in [-0.05, 0) is 207 Å². The van der Waals surface area contributed by atoms with Gasteiger partial charge in [-0.25, -0.2) is 26.3 Å². The van der Waals surface area contributed by atoms with Gasteiger partial charge in [0.05, 0.1) is 12.2 Å². The zero-order chi connectivity index (χ0) is 78.3. The van der Waals surface area contributed by atoms with Crippen LogP contribution in [0, 0.1) is 46.7 Å². The summed E-state index contributed by atoms with van der Waals surface area (Å²) in [6, 6.07) is 27.9. The van der Waals surface area contributed by atoms with Crippen LogP contribution in [-0.2, 0) is 0 Å². The SMILES string of the molecule is CC(C)NC(=O)c1c(F)cc(C(=O)C(C)C)cc1F.CC(C)NC(=O)c1c(F)cc(C(C)C)cc1F.CC(C)NC(=O)c1c(F)cc(OC(C)C)cc1F.CC(C)NC(=O)c1ccc(C(=O)C(C)C)cc1.CC(C)NC(=O)c1ccc(C(C)C)cc1.CC(C)NC(=O)c1ccc(OC(C)C)cc1. The van der Waals surface area contributed by atoms with Crippen molar-refractivity contribution in [1.82, 2.24) is 31.9 Å². The lowest BCUT2D eigenvalue weighted by atomic mass is 9.99. The van der Waals surface area contributed by atoms with Gasteiger partial charge in [-0.15, -0.1) is 0 Å². The maximum Gasteiger partial charge on any atom is 0.257 e. The number of Topliss-reactive ketones (excluding diaryl/α,β-unsaturated/α-hetero) is 2. The maximum absolute atomic E-state index is 13.8. The van der Waals surface area contributed by atoms with Crippen molar-refractivity contribution in [3.05, 3.63) is 200 Å². The molecule has 0 aromatic heterocycles. The summed E-state index contributed by atoms with van der Waals surface area (Å²) < 4.78 is 92.9. The smallest absolute Gasteiger partial charge is 0.257 e. The second kappa shape index (κ2) is 44.1. The van der Waals surface area contributed by atoms with Crippen LogP contribution in [-0.4, -0.2) is 95.5 Å². The van der Waals surface area contributed by atoms with Crippen molar-refractivity contribution >= 4 is 47.0 Å². The monoisotopic (exact) mass is 1430 g/mol. The van der Waals surface area contributed by atoms with Crippen molar-refractivity contribution in [3.8, 4) is 11.5 Å². The van der Waals surface area contributed by atoms with Gasteiger partial charge in [0.15, 0.2) is 11.6 Å². The fourth-order valence-corrected chi connectivity index (χ4v) is 8.65. The molecule has 0 saturated heterocycles. The zero-order valence-corrected chi connectivity index (χ0v) is 63.7. The molecule has 102 heavy (non-hydrogen) atoms. The number of carbonyl (C=O) groups excluding carboxylic acids is 8.